The molecule has 2 heterocycles. The van der Waals surface area contributed by atoms with Crippen LogP contribution in [-0.4, -0.2) is 24.9 Å². The third kappa shape index (κ3) is 2.26. The van der Waals surface area contributed by atoms with Crippen molar-refractivity contribution < 1.29 is 9.26 Å². The van der Waals surface area contributed by atoms with Crippen molar-refractivity contribution in [2.24, 2.45) is 5.92 Å². The summed E-state index contributed by atoms with van der Waals surface area (Å²) in [7, 11) is 0. The van der Waals surface area contributed by atoms with E-state index in [4.69, 9.17) is 9.26 Å². The van der Waals surface area contributed by atoms with E-state index in [-0.39, 0.29) is 0 Å². The van der Waals surface area contributed by atoms with Crippen LogP contribution in [0.5, 0.6) is 5.88 Å². The Morgan fingerprint density at radius 3 is 3.24 bits per heavy atom. The molecule has 1 aliphatic heterocycles. The Balaban J connectivity index is 1.68. The maximum atomic E-state index is 5.75. The Hall–Kier alpha value is -1.55. The minimum Gasteiger partial charge on any atom is -0.475 e. The number of ether oxygens (including phenoxy) is 1. The molecule has 0 saturated carbocycles. The molecule has 1 unspecified atom stereocenters. The molecule has 0 aliphatic carbocycles. The van der Waals surface area contributed by atoms with Gasteiger partial charge in [0, 0.05) is 12.5 Å². The zero-order valence-corrected chi connectivity index (χ0v) is 9.69. The average molecular weight is 232 g/mol. The number of nitrogens with zero attached hydrogens (tertiary/aromatic N) is 1. The van der Waals surface area contributed by atoms with Gasteiger partial charge < -0.3 is 14.6 Å². The van der Waals surface area contributed by atoms with E-state index in [9.17, 15) is 0 Å². The van der Waals surface area contributed by atoms with Crippen LogP contribution >= 0.6 is 0 Å². The molecule has 4 heteroatoms. The first-order valence-corrected chi connectivity index (χ1v) is 6.11. The van der Waals surface area contributed by atoms with Crippen molar-refractivity contribution in [1.29, 1.82) is 0 Å². The number of hydrogen-bond acceptors (Lipinski definition) is 4. The van der Waals surface area contributed by atoms with Crippen molar-refractivity contribution >= 4 is 11.0 Å². The summed E-state index contributed by atoms with van der Waals surface area (Å²) < 4.78 is 11.0. The highest BCUT2D eigenvalue weighted by atomic mass is 16.5. The van der Waals surface area contributed by atoms with E-state index < -0.39 is 0 Å². The molecule has 0 amide bonds. The Morgan fingerprint density at radius 2 is 2.35 bits per heavy atom. The van der Waals surface area contributed by atoms with Crippen LogP contribution < -0.4 is 10.1 Å². The molecule has 1 fully saturated rings. The van der Waals surface area contributed by atoms with Gasteiger partial charge in [-0.1, -0.05) is 12.1 Å². The summed E-state index contributed by atoms with van der Waals surface area (Å²) in [6.07, 6.45) is 2.45. The Kier molecular flexibility index (Phi) is 2.96. The maximum absolute atomic E-state index is 5.75. The third-order valence-corrected chi connectivity index (χ3v) is 3.20. The monoisotopic (exact) mass is 232 g/mol. The first-order chi connectivity index (χ1) is 8.43. The predicted molar refractivity (Wildman–Crippen MR) is 65.1 cm³/mol. The van der Waals surface area contributed by atoms with E-state index in [0.29, 0.717) is 18.4 Å². The highest BCUT2D eigenvalue weighted by Crippen LogP contribution is 2.25. The number of aromatic nitrogens is 1. The molecule has 90 valence electrons. The maximum Gasteiger partial charge on any atom is 0.262 e. The molecule has 1 saturated heterocycles. The van der Waals surface area contributed by atoms with Gasteiger partial charge in [0.2, 0.25) is 0 Å². The van der Waals surface area contributed by atoms with Crippen molar-refractivity contribution in [3.63, 3.8) is 0 Å². The lowest BCUT2D eigenvalue weighted by molar-refractivity contribution is 0.205. The summed E-state index contributed by atoms with van der Waals surface area (Å²) in [6, 6.07) is 7.77. The number of nitrogens with one attached hydrogen (secondary N) is 1. The molecule has 17 heavy (non-hydrogen) atoms. The lowest BCUT2D eigenvalue weighted by Crippen LogP contribution is -2.33. The van der Waals surface area contributed by atoms with Crippen LogP contribution in [0.1, 0.15) is 12.8 Å². The molecule has 1 aliphatic rings. The SMILES string of the molecule is c1ccc2c(OCC3CCCNC3)noc2c1. The second-order valence-corrected chi connectivity index (χ2v) is 4.51. The van der Waals surface area contributed by atoms with Crippen LogP contribution in [0.3, 0.4) is 0 Å². The molecule has 2 aromatic rings. The third-order valence-electron chi connectivity index (χ3n) is 3.20. The van der Waals surface area contributed by atoms with Gasteiger partial charge in [-0.2, -0.15) is 0 Å². The smallest absolute Gasteiger partial charge is 0.262 e. The van der Waals surface area contributed by atoms with E-state index in [1.54, 1.807) is 0 Å². The second-order valence-electron chi connectivity index (χ2n) is 4.51. The summed E-state index contributed by atoms with van der Waals surface area (Å²) in [4.78, 5) is 0. The molecule has 1 aromatic heterocycles. The van der Waals surface area contributed by atoms with Crippen molar-refractivity contribution in [3.8, 4) is 5.88 Å². The zero-order valence-electron chi connectivity index (χ0n) is 9.69. The van der Waals surface area contributed by atoms with Crippen molar-refractivity contribution in [3.05, 3.63) is 24.3 Å². The average Bonchev–Trinajstić information content (AvgIpc) is 2.81. The number of rotatable bonds is 3. The molecule has 3 rings (SSSR count). The van der Waals surface area contributed by atoms with Crippen molar-refractivity contribution in [2.45, 2.75) is 12.8 Å². The molecule has 1 atom stereocenters. The van der Waals surface area contributed by atoms with Crippen molar-refractivity contribution in [2.75, 3.05) is 19.7 Å². The molecule has 1 aromatic carbocycles. The first kappa shape index (κ1) is 10.6. The van der Waals surface area contributed by atoms with Gasteiger partial charge in [-0.15, -0.1) is 0 Å². The molecule has 0 radical (unpaired) electrons. The quantitative estimate of drug-likeness (QED) is 0.881. The first-order valence-electron chi connectivity index (χ1n) is 6.11. The minimum atomic E-state index is 0.583. The van der Waals surface area contributed by atoms with Crippen LogP contribution in [0.2, 0.25) is 0 Å². The van der Waals surface area contributed by atoms with Gasteiger partial charge in [0.25, 0.3) is 5.88 Å². The van der Waals surface area contributed by atoms with Gasteiger partial charge in [0.15, 0.2) is 5.58 Å². The summed E-state index contributed by atoms with van der Waals surface area (Å²) in [5, 5.41) is 8.30. The van der Waals surface area contributed by atoms with Gasteiger partial charge >= 0.3 is 0 Å². The normalized spacial score (nSPS) is 20.6. The summed E-state index contributed by atoms with van der Waals surface area (Å²) in [5.74, 6) is 1.20. The van der Waals surface area contributed by atoms with Crippen LogP contribution in [0.4, 0.5) is 0 Å². The molecule has 1 N–H and O–H groups in total. The standard InChI is InChI=1S/C13H16N2O2/c1-2-6-12-11(5-1)13(15-17-12)16-9-10-4-3-7-14-8-10/h1-2,5-6,10,14H,3-4,7-9H2. The van der Waals surface area contributed by atoms with Gasteiger partial charge in [0.05, 0.1) is 12.0 Å². The molecular formula is C13H16N2O2. The second kappa shape index (κ2) is 4.75. The van der Waals surface area contributed by atoms with E-state index >= 15 is 0 Å². The lowest BCUT2D eigenvalue weighted by atomic mass is 10.0. The fraction of sp³-hybridized carbons (Fsp3) is 0.462. The fourth-order valence-electron chi connectivity index (χ4n) is 2.23. The Labute approximate surface area is 99.9 Å². The van der Waals surface area contributed by atoms with Crippen LogP contribution in [0, 0.1) is 5.92 Å². The van der Waals surface area contributed by atoms with Crippen LogP contribution in [-0.2, 0) is 0 Å². The van der Waals surface area contributed by atoms with Gasteiger partial charge in [0.1, 0.15) is 0 Å². The van der Waals surface area contributed by atoms with Gasteiger partial charge in [-0.3, -0.25) is 0 Å². The molecular weight excluding hydrogens is 216 g/mol. The van der Waals surface area contributed by atoms with E-state index in [1.165, 1.54) is 12.8 Å². The number of para-hydroxylation sites is 1. The molecule has 0 spiro atoms. The Bertz CT molecular complexity index is 489. The molecule has 4 nitrogen and oxygen atoms in total. The van der Waals surface area contributed by atoms with E-state index in [0.717, 1.165) is 24.1 Å². The number of benzene rings is 1. The predicted octanol–water partition coefficient (Wildman–Crippen LogP) is 2.21. The zero-order chi connectivity index (χ0) is 11.5. The number of hydrogen-bond donors (Lipinski definition) is 1. The summed E-state index contributed by atoms with van der Waals surface area (Å²) >= 11 is 0. The fourth-order valence-corrected chi connectivity index (χ4v) is 2.23. The summed E-state index contributed by atoms with van der Waals surface area (Å²) in [5.41, 5.74) is 0.782. The van der Waals surface area contributed by atoms with Crippen LogP contribution in [0.15, 0.2) is 28.8 Å². The van der Waals surface area contributed by atoms with Gasteiger partial charge in [-0.25, -0.2) is 0 Å². The lowest BCUT2D eigenvalue weighted by Gasteiger charge is -2.22. The highest BCUT2D eigenvalue weighted by Gasteiger charge is 2.15. The Morgan fingerprint density at radius 1 is 1.41 bits per heavy atom. The van der Waals surface area contributed by atoms with Gasteiger partial charge in [-0.05, 0) is 36.7 Å². The molecule has 0 bridgehead atoms. The van der Waals surface area contributed by atoms with E-state index in [1.807, 2.05) is 24.3 Å². The largest absolute Gasteiger partial charge is 0.475 e. The van der Waals surface area contributed by atoms with E-state index in [2.05, 4.69) is 10.5 Å². The van der Waals surface area contributed by atoms with Crippen LogP contribution in [0.25, 0.3) is 11.0 Å². The number of piperidine rings is 1. The van der Waals surface area contributed by atoms with Crippen molar-refractivity contribution in [1.82, 2.24) is 10.5 Å². The number of fused-ring (bicyclic) bond motifs is 1. The highest BCUT2D eigenvalue weighted by molar-refractivity contribution is 5.81. The topological polar surface area (TPSA) is 47.3 Å². The summed E-state index contributed by atoms with van der Waals surface area (Å²) in [6.45, 7) is 2.88. The minimum absolute atomic E-state index is 0.583.